The zero-order chi connectivity index (χ0) is 17.2. The number of likely N-dealkylation sites (tertiary alicyclic amines) is 1. The molecule has 0 aromatic heterocycles. The molecule has 0 bridgehead atoms. The van der Waals surface area contributed by atoms with Crippen molar-refractivity contribution >= 4 is 17.3 Å². The number of nitrogens with one attached hydrogen (secondary N) is 1. The molecule has 25 heavy (non-hydrogen) atoms. The Morgan fingerprint density at radius 1 is 1.12 bits per heavy atom. The maximum Gasteiger partial charge on any atom is 0.0542 e. The molecule has 2 aromatic rings. The Labute approximate surface area is 156 Å². The van der Waals surface area contributed by atoms with Crippen LogP contribution in [-0.2, 0) is 6.54 Å². The fourth-order valence-electron chi connectivity index (χ4n) is 3.84. The summed E-state index contributed by atoms with van der Waals surface area (Å²) in [5.74, 6) is 0.722. The predicted octanol–water partition coefficient (Wildman–Crippen LogP) is 5.81. The number of anilines is 1. The molecule has 2 nitrogen and oxygen atoms in total. The molecule has 4 rings (SSSR count). The van der Waals surface area contributed by atoms with Gasteiger partial charge in [0.15, 0.2) is 0 Å². The second kappa shape index (κ2) is 7.39. The lowest BCUT2D eigenvalue weighted by molar-refractivity contribution is 0.172. The van der Waals surface area contributed by atoms with Gasteiger partial charge in [0.25, 0.3) is 0 Å². The van der Waals surface area contributed by atoms with Crippen molar-refractivity contribution in [3.05, 3.63) is 64.2 Å². The number of nitrogens with zero attached hydrogens (tertiary/aromatic N) is 1. The first-order valence-corrected chi connectivity index (χ1v) is 9.91. The number of aryl methyl sites for hydroxylation is 1. The van der Waals surface area contributed by atoms with E-state index in [9.17, 15) is 0 Å². The average molecular weight is 355 g/mol. The molecule has 132 valence electrons. The lowest BCUT2D eigenvalue weighted by Gasteiger charge is -2.36. The number of halogens is 1. The van der Waals surface area contributed by atoms with Crippen LogP contribution in [0.5, 0.6) is 0 Å². The molecule has 2 fully saturated rings. The molecular weight excluding hydrogens is 328 g/mol. The minimum absolute atomic E-state index is 0.379. The largest absolute Gasteiger partial charge is 0.378 e. The highest BCUT2D eigenvalue weighted by Gasteiger charge is 2.28. The van der Waals surface area contributed by atoms with Gasteiger partial charge in [0.1, 0.15) is 0 Å². The highest BCUT2D eigenvalue weighted by Crippen LogP contribution is 2.40. The van der Waals surface area contributed by atoms with Crippen LogP contribution in [0, 0.1) is 12.8 Å². The van der Waals surface area contributed by atoms with Gasteiger partial charge in [0.2, 0.25) is 0 Å². The summed E-state index contributed by atoms with van der Waals surface area (Å²) in [5.41, 5.74) is 5.17. The Kier molecular flexibility index (Phi) is 5.00. The molecule has 2 aliphatic rings. The minimum Gasteiger partial charge on any atom is -0.378 e. The Bertz CT molecular complexity index is 735. The molecule has 1 aliphatic heterocycles. The maximum absolute atomic E-state index is 6.24. The molecule has 0 radical (unpaired) electrons. The van der Waals surface area contributed by atoms with Gasteiger partial charge >= 0.3 is 0 Å². The smallest absolute Gasteiger partial charge is 0.0542 e. The molecule has 1 heterocycles. The molecular formula is C22H27ClN2. The van der Waals surface area contributed by atoms with Crippen molar-refractivity contribution in [2.75, 3.05) is 18.4 Å². The molecule has 0 amide bonds. The van der Waals surface area contributed by atoms with E-state index in [-0.39, 0.29) is 0 Å². The van der Waals surface area contributed by atoms with Crippen LogP contribution in [0.1, 0.15) is 48.4 Å². The maximum atomic E-state index is 6.24. The van der Waals surface area contributed by atoms with Crippen LogP contribution in [0.2, 0.25) is 5.02 Å². The van der Waals surface area contributed by atoms with Gasteiger partial charge in [-0.3, -0.25) is 4.90 Å². The van der Waals surface area contributed by atoms with Crippen LogP contribution in [0.15, 0.2) is 42.5 Å². The van der Waals surface area contributed by atoms with E-state index in [0.717, 1.165) is 23.0 Å². The number of hydrogen-bond donors (Lipinski definition) is 1. The fourth-order valence-corrected chi connectivity index (χ4v) is 3.96. The summed E-state index contributed by atoms with van der Waals surface area (Å²) in [6.45, 7) is 5.65. The lowest BCUT2D eigenvalue weighted by Crippen LogP contribution is -2.36. The SMILES string of the molecule is Cc1cc([C@H](Nc2cccc(CN3CCC3)c2)C2CCC2)ccc1Cl. The molecule has 0 unspecified atom stereocenters. The van der Waals surface area contributed by atoms with E-state index in [0.29, 0.717) is 6.04 Å². The van der Waals surface area contributed by atoms with Crippen molar-refractivity contribution in [2.24, 2.45) is 5.92 Å². The molecule has 1 atom stereocenters. The van der Waals surface area contributed by atoms with Crippen molar-refractivity contribution in [3.63, 3.8) is 0 Å². The molecule has 2 aromatic carbocycles. The second-order valence-corrected chi connectivity index (χ2v) is 8.06. The monoisotopic (exact) mass is 354 g/mol. The first-order chi connectivity index (χ1) is 12.2. The summed E-state index contributed by atoms with van der Waals surface area (Å²) in [4.78, 5) is 2.51. The van der Waals surface area contributed by atoms with E-state index in [1.54, 1.807) is 0 Å². The molecule has 1 saturated carbocycles. The summed E-state index contributed by atoms with van der Waals surface area (Å²) in [5, 5.41) is 4.69. The van der Waals surface area contributed by atoms with Gasteiger partial charge in [-0.1, -0.05) is 42.3 Å². The first kappa shape index (κ1) is 16.9. The van der Waals surface area contributed by atoms with E-state index in [1.165, 1.54) is 55.6 Å². The van der Waals surface area contributed by atoms with Crippen molar-refractivity contribution in [2.45, 2.75) is 45.2 Å². The summed E-state index contributed by atoms with van der Waals surface area (Å²) in [7, 11) is 0. The zero-order valence-corrected chi connectivity index (χ0v) is 15.7. The van der Waals surface area contributed by atoms with E-state index >= 15 is 0 Å². The Balaban J connectivity index is 1.54. The minimum atomic E-state index is 0.379. The molecule has 1 aliphatic carbocycles. The third-order valence-electron chi connectivity index (χ3n) is 5.77. The van der Waals surface area contributed by atoms with Gasteiger partial charge < -0.3 is 5.32 Å². The molecule has 1 N–H and O–H groups in total. The van der Waals surface area contributed by atoms with E-state index in [2.05, 4.69) is 53.5 Å². The molecule has 1 saturated heterocycles. The van der Waals surface area contributed by atoms with E-state index in [4.69, 9.17) is 11.6 Å². The summed E-state index contributed by atoms with van der Waals surface area (Å²) in [6, 6.07) is 15.8. The van der Waals surface area contributed by atoms with Gasteiger partial charge in [0.05, 0.1) is 6.04 Å². The van der Waals surface area contributed by atoms with Crippen LogP contribution in [-0.4, -0.2) is 18.0 Å². The van der Waals surface area contributed by atoms with Gasteiger partial charge in [-0.2, -0.15) is 0 Å². The van der Waals surface area contributed by atoms with Gasteiger partial charge in [0, 0.05) is 17.3 Å². The fraction of sp³-hybridized carbons (Fsp3) is 0.455. The summed E-state index contributed by atoms with van der Waals surface area (Å²) in [6.07, 6.45) is 5.32. The number of hydrogen-bond acceptors (Lipinski definition) is 2. The van der Waals surface area contributed by atoms with Crippen molar-refractivity contribution in [3.8, 4) is 0 Å². The van der Waals surface area contributed by atoms with Crippen LogP contribution in [0.4, 0.5) is 5.69 Å². The average Bonchev–Trinajstić information content (AvgIpc) is 2.52. The number of benzene rings is 2. The zero-order valence-electron chi connectivity index (χ0n) is 15.0. The topological polar surface area (TPSA) is 15.3 Å². The predicted molar refractivity (Wildman–Crippen MR) is 106 cm³/mol. The lowest BCUT2D eigenvalue weighted by atomic mass is 9.77. The first-order valence-electron chi connectivity index (χ1n) is 9.53. The van der Waals surface area contributed by atoms with Crippen molar-refractivity contribution in [1.82, 2.24) is 4.90 Å². The summed E-state index contributed by atoms with van der Waals surface area (Å²) >= 11 is 6.24. The Morgan fingerprint density at radius 2 is 1.96 bits per heavy atom. The molecule has 3 heteroatoms. The standard InChI is InChI=1S/C22H27ClN2/c1-16-13-19(9-10-21(16)23)22(18-6-3-7-18)24-20-8-2-5-17(14-20)15-25-11-4-12-25/h2,5,8-10,13-14,18,22,24H,3-4,6-7,11-12,15H2,1H3/t22-/m1/s1. The van der Waals surface area contributed by atoms with Crippen LogP contribution >= 0.6 is 11.6 Å². The normalized spacial score (nSPS) is 19.1. The third kappa shape index (κ3) is 3.86. The van der Waals surface area contributed by atoms with E-state index < -0.39 is 0 Å². The highest BCUT2D eigenvalue weighted by atomic mass is 35.5. The summed E-state index contributed by atoms with van der Waals surface area (Å²) < 4.78 is 0. The van der Waals surface area contributed by atoms with Gasteiger partial charge in [-0.25, -0.2) is 0 Å². The van der Waals surface area contributed by atoms with Gasteiger partial charge in [-0.05, 0) is 80.1 Å². The molecule has 0 spiro atoms. The van der Waals surface area contributed by atoms with Crippen molar-refractivity contribution < 1.29 is 0 Å². The van der Waals surface area contributed by atoms with Gasteiger partial charge in [-0.15, -0.1) is 0 Å². The third-order valence-corrected chi connectivity index (χ3v) is 6.19. The van der Waals surface area contributed by atoms with Crippen LogP contribution in [0.25, 0.3) is 0 Å². The van der Waals surface area contributed by atoms with Crippen LogP contribution < -0.4 is 5.32 Å². The number of rotatable bonds is 6. The van der Waals surface area contributed by atoms with E-state index in [1.807, 2.05) is 6.07 Å². The quantitative estimate of drug-likeness (QED) is 0.704. The highest BCUT2D eigenvalue weighted by molar-refractivity contribution is 6.31. The second-order valence-electron chi connectivity index (χ2n) is 7.65. The van der Waals surface area contributed by atoms with Crippen molar-refractivity contribution in [1.29, 1.82) is 0 Å². The Morgan fingerprint density at radius 3 is 2.60 bits per heavy atom. The van der Waals surface area contributed by atoms with Crippen LogP contribution in [0.3, 0.4) is 0 Å². The Hall–Kier alpha value is -1.51.